The van der Waals surface area contributed by atoms with Crippen LogP contribution in [0.5, 0.6) is 5.75 Å². The maximum absolute atomic E-state index is 11.3. The van der Waals surface area contributed by atoms with Gasteiger partial charge in [-0.3, -0.25) is 0 Å². The molecule has 0 saturated carbocycles. The second-order valence-corrected chi connectivity index (χ2v) is 3.74. The summed E-state index contributed by atoms with van der Waals surface area (Å²) < 4.78 is 5.12. The molecule has 5 nitrogen and oxygen atoms in total. The van der Waals surface area contributed by atoms with Gasteiger partial charge in [0.05, 0.1) is 12.7 Å². The Bertz CT molecular complexity index is 588. The molecular formula is C13H13ClN2O3. The van der Waals surface area contributed by atoms with Crippen LogP contribution in [0, 0.1) is 6.92 Å². The Kier molecular flexibility index (Phi) is 4.83. The van der Waals surface area contributed by atoms with Crippen LogP contribution in [0.25, 0.3) is 11.4 Å². The van der Waals surface area contributed by atoms with Gasteiger partial charge >= 0.3 is 5.97 Å². The quantitative estimate of drug-likeness (QED) is 0.935. The van der Waals surface area contributed by atoms with Gasteiger partial charge in [0.25, 0.3) is 0 Å². The Morgan fingerprint density at radius 1 is 1.26 bits per heavy atom. The molecule has 0 atom stereocenters. The van der Waals surface area contributed by atoms with E-state index in [2.05, 4.69) is 9.97 Å². The molecule has 0 aliphatic rings. The largest absolute Gasteiger partial charge is 0.496 e. The predicted octanol–water partition coefficient (Wildman–Crippen LogP) is 2.58. The van der Waals surface area contributed by atoms with E-state index in [1.54, 1.807) is 24.5 Å². The molecule has 0 aliphatic heterocycles. The second-order valence-electron chi connectivity index (χ2n) is 3.74. The molecule has 2 rings (SSSR count). The zero-order chi connectivity index (χ0) is 13.1. The van der Waals surface area contributed by atoms with Crippen molar-refractivity contribution >= 4 is 18.4 Å². The molecule has 0 bridgehead atoms. The average molecular weight is 281 g/mol. The van der Waals surface area contributed by atoms with Gasteiger partial charge in [-0.25, -0.2) is 14.8 Å². The van der Waals surface area contributed by atoms with Crippen molar-refractivity contribution in [1.82, 2.24) is 9.97 Å². The van der Waals surface area contributed by atoms with Crippen molar-refractivity contribution in [3.63, 3.8) is 0 Å². The number of aryl methyl sites for hydroxylation is 1. The van der Waals surface area contributed by atoms with Crippen LogP contribution in [0.3, 0.4) is 0 Å². The van der Waals surface area contributed by atoms with Crippen LogP contribution in [0.2, 0.25) is 0 Å². The maximum atomic E-state index is 11.3. The molecule has 0 aliphatic carbocycles. The topological polar surface area (TPSA) is 72.3 Å². The summed E-state index contributed by atoms with van der Waals surface area (Å²) >= 11 is 0. The lowest BCUT2D eigenvalue weighted by Gasteiger charge is -2.10. The molecule has 6 heteroatoms. The molecule has 0 amide bonds. The van der Waals surface area contributed by atoms with Crippen LogP contribution in [-0.4, -0.2) is 28.2 Å². The first-order chi connectivity index (χ1) is 8.63. The Labute approximate surface area is 116 Å². The van der Waals surface area contributed by atoms with E-state index in [1.165, 1.54) is 13.2 Å². The minimum absolute atomic E-state index is 0. The molecule has 0 fully saturated rings. The third kappa shape index (κ3) is 3.00. The average Bonchev–Trinajstić information content (AvgIpc) is 2.39. The van der Waals surface area contributed by atoms with Crippen molar-refractivity contribution in [2.24, 2.45) is 0 Å². The molecular weight excluding hydrogens is 268 g/mol. The minimum Gasteiger partial charge on any atom is -0.496 e. The van der Waals surface area contributed by atoms with Gasteiger partial charge in [0.15, 0.2) is 5.82 Å². The summed E-state index contributed by atoms with van der Waals surface area (Å²) in [6, 6.07) is 4.89. The highest BCUT2D eigenvalue weighted by Crippen LogP contribution is 2.28. The molecule has 100 valence electrons. The fourth-order valence-electron chi connectivity index (χ4n) is 1.71. The number of carbonyl (C=O) groups is 1. The van der Waals surface area contributed by atoms with E-state index in [9.17, 15) is 9.90 Å². The summed E-state index contributed by atoms with van der Waals surface area (Å²) in [5.74, 6) is -0.108. The Hall–Kier alpha value is -2.14. The lowest BCUT2D eigenvalue weighted by atomic mass is 10.0. The maximum Gasteiger partial charge on any atom is 0.336 e. The number of rotatable bonds is 3. The van der Waals surface area contributed by atoms with E-state index >= 15 is 0 Å². The number of nitrogens with zero attached hydrogens (tertiary/aromatic N) is 2. The van der Waals surface area contributed by atoms with Crippen molar-refractivity contribution in [3.8, 4) is 17.1 Å². The van der Waals surface area contributed by atoms with E-state index in [0.29, 0.717) is 17.1 Å². The van der Waals surface area contributed by atoms with Gasteiger partial charge in [0, 0.05) is 18.0 Å². The van der Waals surface area contributed by atoms with Crippen LogP contribution in [0.1, 0.15) is 15.9 Å². The van der Waals surface area contributed by atoms with E-state index in [1.807, 2.05) is 6.92 Å². The Morgan fingerprint density at radius 2 is 1.89 bits per heavy atom. The van der Waals surface area contributed by atoms with Gasteiger partial charge in [-0.1, -0.05) is 0 Å². The van der Waals surface area contributed by atoms with Gasteiger partial charge < -0.3 is 9.84 Å². The molecule has 19 heavy (non-hydrogen) atoms. The van der Waals surface area contributed by atoms with Crippen LogP contribution < -0.4 is 4.74 Å². The molecule has 1 heterocycles. The van der Waals surface area contributed by atoms with Crippen LogP contribution in [0.15, 0.2) is 30.6 Å². The Balaban J connectivity index is 0.00000180. The predicted molar refractivity (Wildman–Crippen MR) is 73.0 cm³/mol. The number of carboxylic acid groups (broad SMARTS) is 1. The lowest BCUT2D eigenvalue weighted by Crippen LogP contribution is -2.03. The zero-order valence-corrected chi connectivity index (χ0v) is 11.3. The SMILES string of the molecule is COc1cc(C(=O)O)c(-c2ncccn2)cc1C.Cl. The van der Waals surface area contributed by atoms with Gasteiger partial charge in [-0.15, -0.1) is 12.4 Å². The van der Waals surface area contributed by atoms with Gasteiger partial charge in [0.2, 0.25) is 0 Å². The number of hydrogen-bond acceptors (Lipinski definition) is 4. The minimum atomic E-state index is -1.03. The molecule has 1 N–H and O–H groups in total. The fourth-order valence-corrected chi connectivity index (χ4v) is 1.71. The first-order valence-corrected chi connectivity index (χ1v) is 5.33. The standard InChI is InChI=1S/C13H12N2O3.ClH/c1-8-6-9(12-14-4-3-5-15-12)10(13(16)17)7-11(8)18-2;/h3-7H,1-2H3,(H,16,17);1H. The second kappa shape index (κ2) is 6.15. The van der Waals surface area contributed by atoms with Crippen molar-refractivity contribution in [1.29, 1.82) is 0 Å². The number of halogens is 1. The van der Waals surface area contributed by atoms with E-state index in [-0.39, 0.29) is 18.0 Å². The van der Waals surface area contributed by atoms with Gasteiger partial charge in [-0.05, 0) is 30.7 Å². The molecule has 0 spiro atoms. The van der Waals surface area contributed by atoms with Crippen LogP contribution >= 0.6 is 12.4 Å². The fraction of sp³-hybridized carbons (Fsp3) is 0.154. The molecule has 0 radical (unpaired) electrons. The Morgan fingerprint density at radius 3 is 2.42 bits per heavy atom. The number of aromatic carboxylic acids is 1. The highest BCUT2D eigenvalue weighted by Gasteiger charge is 2.16. The molecule has 1 aromatic carbocycles. The van der Waals surface area contributed by atoms with Crippen molar-refractivity contribution < 1.29 is 14.6 Å². The third-order valence-electron chi connectivity index (χ3n) is 2.57. The van der Waals surface area contributed by atoms with Crippen molar-refractivity contribution in [3.05, 3.63) is 41.7 Å². The first kappa shape index (κ1) is 14.9. The molecule has 1 aromatic heterocycles. The van der Waals surface area contributed by atoms with Crippen molar-refractivity contribution in [2.45, 2.75) is 6.92 Å². The number of aromatic nitrogens is 2. The van der Waals surface area contributed by atoms with E-state index in [0.717, 1.165) is 5.56 Å². The van der Waals surface area contributed by atoms with Crippen LogP contribution in [-0.2, 0) is 0 Å². The molecule has 0 saturated heterocycles. The van der Waals surface area contributed by atoms with Gasteiger partial charge in [-0.2, -0.15) is 0 Å². The normalized spacial score (nSPS) is 9.58. The number of carboxylic acids is 1. The van der Waals surface area contributed by atoms with E-state index < -0.39 is 5.97 Å². The van der Waals surface area contributed by atoms with Crippen LogP contribution in [0.4, 0.5) is 0 Å². The summed E-state index contributed by atoms with van der Waals surface area (Å²) in [5, 5.41) is 9.23. The number of hydrogen-bond donors (Lipinski definition) is 1. The number of ether oxygens (including phenoxy) is 1. The molecule has 2 aromatic rings. The smallest absolute Gasteiger partial charge is 0.336 e. The molecule has 0 unspecified atom stereocenters. The monoisotopic (exact) mass is 280 g/mol. The summed E-state index contributed by atoms with van der Waals surface area (Å²) in [5.41, 5.74) is 1.45. The summed E-state index contributed by atoms with van der Waals surface area (Å²) in [6.07, 6.45) is 3.15. The summed E-state index contributed by atoms with van der Waals surface area (Å²) in [7, 11) is 1.51. The summed E-state index contributed by atoms with van der Waals surface area (Å²) in [4.78, 5) is 19.4. The van der Waals surface area contributed by atoms with E-state index in [4.69, 9.17) is 4.74 Å². The number of benzene rings is 1. The summed E-state index contributed by atoms with van der Waals surface area (Å²) in [6.45, 7) is 1.84. The third-order valence-corrected chi connectivity index (χ3v) is 2.57. The highest BCUT2D eigenvalue weighted by atomic mass is 35.5. The lowest BCUT2D eigenvalue weighted by molar-refractivity contribution is 0.0697. The number of methoxy groups -OCH3 is 1. The highest BCUT2D eigenvalue weighted by molar-refractivity contribution is 5.95. The zero-order valence-electron chi connectivity index (χ0n) is 10.5. The van der Waals surface area contributed by atoms with Gasteiger partial charge in [0.1, 0.15) is 5.75 Å². The van der Waals surface area contributed by atoms with Crippen molar-refractivity contribution in [2.75, 3.05) is 7.11 Å². The first-order valence-electron chi connectivity index (χ1n) is 5.33.